The van der Waals surface area contributed by atoms with Gasteiger partial charge in [-0.2, -0.15) is 0 Å². The van der Waals surface area contributed by atoms with Crippen LogP contribution in [0.15, 0.2) is 0 Å². The molecule has 0 saturated carbocycles. The fraction of sp³-hybridized carbons (Fsp3) is 1.00. The van der Waals surface area contributed by atoms with E-state index < -0.39 is 9.84 Å². The first-order chi connectivity index (χ1) is 4.75. The molecular weight excluding hydrogens is 160 g/mol. The lowest BCUT2D eigenvalue weighted by atomic mass is 9.79. The lowest BCUT2D eigenvalue weighted by molar-refractivity contribution is 0.235. The molecule has 66 valence electrons. The summed E-state index contributed by atoms with van der Waals surface area (Å²) in [4.78, 5) is 0. The minimum atomic E-state index is -2.69. The Hall–Kier alpha value is -0.0500. The Kier molecular flexibility index (Phi) is 1.82. The number of rotatable bonds is 0. The highest BCUT2D eigenvalue weighted by Crippen LogP contribution is 2.40. The largest absolute Gasteiger partial charge is 0.229 e. The molecule has 0 amide bonds. The van der Waals surface area contributed by atoms with E-state index in [2.05, 4.69) is 20.8 Å². The van der Waals surface area contributed by atoms with Gasteiger partial charge in [-0.1, -0.05) is 20.8 Å². The van der Waals surface area contributed by atoms with Crippen LogP contribution in [0, 0.1) is 11.3 Å². The molecule has 0 aromatic heterocycles. The summed E-state index contributed by atoms with van der Waals surface area (Å²) in [7, 11) is -2.69. The van der Waals surface area contributed by atoms with Crippen molar-refractivity contribution in [3.63, 3.8) is 0 Å². The summed E-state index contributed by atoms with van der Waals surface area (Å²) in [5.74, 6) is 0.741. The highest BCUT2D eigenvalue weighted by molar-refractivity contribution is 7.93. The van der Waals surface area contributed by atoms with Crippen molar-refractivity contribution in [3.05, 3.63) is 0 Å². The Balaban J connectivity index is 2.74. The minimum Gasteiger partial charge on any atom is -0.229 e. The van der Waals surface area contributed by atoms with E-state index in [-0.39, 0.29) is 10.7 Å². The van der Waals surface area contributed by atoms with Gasteiger partial charge in [-0.25, -0.2) is 8.42 Å². The smallest absolute Gasteiger partial charge is 0.153 e. The van der Waals surface area contributed by atoms with E-state index in [1.807, 2.05) is 6.92 Å². The Labute approximate surface area is 68.9 Å². The van der Waals surface area contributed by atoms with Crippen LogP contribution >= 0.6 is 0 Å². The fourth-order valence-electron chi connectivity index (χ4n) is 1.62. The molecule has 0 spiro atoms. The summed E-state index contributed by atoms with van der Waals surface area (Å²) in [5.41, 5.74) is 0.144. The first-order valence-corrected chi connectivity index (χ1v) is 5.68. The van der Waals surface area contributed by atoms with Gasteiger partial charge in [-0.05, 0) is 18.3 Å². The Morgan fingerprint density at radius 2 is 1.73 bits per heavy atom. The topological polar surface area (TPSA) is 34.1 Å². The zero-order valence-electron chi connectivity index (χ0n) is 7.59. The molecule has 2 unspecified atom stereocenters. The standard InChI is InChI=1S/C8H16O2S/c1-6-7(8(2,3)4)5-11(6,9)10/h6-7H,5H2,1-4H3. The average molecular weight is 176 g/mol. The molecule has 1 rings (SSSR count). The van der Waals surface area contributed by atoms with Crippen LogP contribution in [0.3, 0.4) is 0 Å². The van der Waals surface area contributed by atoms with Gasteiger partial charge in [0, 0.05) is 0 Å². The molecule has 1 aliphatic heterocycles. The first-order valence-electron chi connectivity index (χ1n) is 3.97. The molecule has 0 aromatic carbocycles. The zero-order valence-corrected chi connectivity index (χ0v) is 8.40. The number of hydrogen-bond donors (Lipinski definition) is 0. The quantitative estimate of drug-likeness (QED) is 0.560. The van der Waals surface area contributed by atoms with Crippen LogP contribution in [-0.2, 0) is 9.84 Å². The van der Waals surface area contributed by atoms with E-state index >= 15 is 0 Å². The SMILES string of the molecule is CC1C(C(C)(C)C)CS1(=O)=O. The Morgan fingerprint density at radius 3 is 1.82 bits per heavy atom. The Bertz CT molecular complexity index is 246. The van der Waals surface area contributed by atoms with Gasteiger partial charge in [0.1, 0.15) is 0 Å². The predicted molar refractivity (Wildman–Crippen MR) is 46.2 cm³/mol. The van der Waals surface area contributed by atoms with E-state index in [0.29, 0.717) is 11.7 Å². The second-order valence-corrected chi connectivity index (χ2v) is 6.91. The lowest BCUT2D eigenvalue weighted by Gasteiger charge is -2.42. The molecule has 2 atom stereocenters. The van der Waals surface area contributed by atoms with Crippen LogP contribution in [0.2, 0.25) is 0 Å². The number of hydrogen-bond acceptors (Lipinski definition) is 2. The van der Waals surface area contributed by atoms with Gasteiger partial charge in [0.05, 0.1) is 11.0 Å². The van der Waals surface area contributed by atoms with E-state index in [1.165, 1.54) is 0 Å². The van der Waals surface area contributed by atoms with Crippen LogP contribution < -0.4 is 0 Å². The minimum absolute atomic E-state index is 0.123. The maximum atomic E-state index is 11.1. The second-order valence-electron chi connectivity index (χ2n) is 4.51. The van der Waals surface area contributed by atoms with E-state index in [9.17, 15) is 8.42 Å². The normalized spacial score (nSPS) is 36.4. The second kappa shape index (κ2) is 2.22. The summed E-state index contributed by atoms with van der Waals surface area (Å²) in [6, 6.07) is 0. The van der Waals surface area contributed by atoms with Crippen molar-refractivity contribution in [1.29, 1.82) is 0 Å². The summed E-state index contributed by atoms with van der Waals surface area (Å²) in [6.45, 7) is 8.11. The van der Waals surface area contributed by atoms with Gasteiger partial charge in [0.15, 0.2) is 9.84 Å². The molecule has 1 saturated heterocycles. The van der Waals surface area contributed by atoms with Crippen molar-refractivity contribution in [3.8, 4) is 0 Å². The van der Waals surface area contributed by atoms with Crippen molar-refractivity contribution in [2.75, 3.05) is 5.75 Å². The monoisotopic (exact) mass is 176 g/mol. The first kappa shape index (κ1) is 9.04. The lowest BCUT2D eigenvalue weighted by Crippen LogP contribution is -2.51. The van der Waals surface area contributed by atoms with Crippen LogP contribution in [0.1, 0.15) is 27.7 Å². The number of sulfone groups is 1. The Morgan fingerprint density at radius 1 is 1.27 bits per heavy atom. The molecule has 1 heterocycles. The summed E-state index contributed by atoms with van der Waals surface area (Å²) >= 11 is 0. The summed E-state index contributed by atoms with van der Waals surface area (Å²) in [5, 5.41) is -0.123. The van der Waals surface area contributed by atoms with Gasteiger partial charge in [0.2, 0.25) is 0 Å². The molecule has 0 aromatic rings. The van der Waals surface area contributed by atoms with Crippen molar-refractivity contribution in [1.82, 2.24) is 0 Å². The third-order valence-corrected chi connectivity index (χ3v) is 4.94. The zero-order chi connectivity index (χ0) is 8.86. The van der Waals surface area contributed by atoms with Crippen LogP contribution in [-0.4, -0.2) is 19.4 Å². The van der Waals surface area contributed by atoms with Gasteiger partial charge in [-0.15, -0.1) is 0 Å². The maximum Gasteiger partial charge on any atom is 0.153 e. The predicted octanol–water partition coefficient (Wildman–Crippen LogP) is 1.47. The molecule has 0 radical (unpaired) electrons. The van der Waals surface area contributed by atoms with Crippen LogP contribution in [0.25, 0.3) is 0 Å². The fourth-order valence-corrected chi connectivity index (χ4v) is 3.86. The van der Waals surface area contributed by atoms with E-state index in [0.717, 1.165) is 0 Å². The van der Waals surface area contributed by atoms with Crippen molar-refractivity contribution in [2.45, 2.75) is 32.9 Å². The third-order valence-electron chi connectivity index (χ3n) is 2.66. The summed E-state index contributed by atoms with van der Waals surface area (Å²) < 4.78 is 22.1. The van der Waals surface area contributed by atoms with Crippen molar-refractivity contribution in [2.24, 2.45) is 11.3 Å². The molecule has 1 aliphatic rings. The van der Waals surface area contributed by atoms with E-state index in [1.54, 1.807) is 0 Å². The summed E-state index contributed by atoms with van der Waals surface area (Å²) in [6.07, 6.45) is 0. The molecule has 11 heavy (non-hydrogen) atoms. The van der Waals surface area contributed by atoms with Gasteiger partial charge in [-0.3, -0.25) is 0 Å². The molecule has 0 N–H and O–H groups in total. The van der Waals surface area contributed by atoms with Crippen molar-refractivity contribution < 1.29 is 8.42 Å². The maximum absolute atomic E-state index is 11.1. The molecule has 1 fully saturated rings. The average Bonchev–Trinajstić information content (AvgIpc) is 1.80. The molecule has 0 aliphatic carbocycles. The highest BCUT2D eigenvalue weighted by Gasteiger charge is 2.47. The van der Waals surface area contributed by atoms with E-state index in [4.69, 9.17) is 0 Å². The van der Waals surface area contributed by atoms with Gasteiger partial charge in [0.25, 0.3) is 0 Å². The van der Waals surface area contributed by atoms with Gasteiger partial charge < -0.3 is 0 Å². The molecule has 3 heteroatoms. The molecule has 0 bridgehead atoms. The molecule has 2 nitrogen and oxygen atoms in total. The van der Waals surface area contributed by atoms with Crippen LogP contribution in [0.5, 0.6) is 0 Å². The van der Waals surface area contributed by atoms with Gasteiger partial charge >= 0.3 is 0 Å². The van der Waals surface area contributed by atoms with Crippen LogP contribution in [0.4, 0.5) is 0 Å². The molecular formula is C8H16O2S. The third kappa shape index (κ3) is 1.43. The highest BCUT2D eigenvalue weighted by atomic mass is 32.2. The van der Waals surface area contributed by atoms with Crippen molar-refractivity contribution >= 4 is 9.84 Å².